The predicted molar refractivity (Wildman–Crippen MR) is 117 cm³/mol. The van der Waals surface area contributed by atoms with Crippen molar-refractivity contribution in [1.82, 2.24) is 25.9 Å². The molecule has 184 valence electrons. The van der Waals surface area contributed by atoms with Crippen LogP contribution < -0.4 is 27.4 Å². The summed E-state index contributed by atoms with van der Waals surface area (Å²) in [4.78, 5) is 67.5. The fourth-order valence-electron chi connectivity index (χ4n) is 2.85. The van der Waals surface area contributed by atoms with Crippen LogP contribution in [0.15, 0.2) is 12.5 Å². The molecule has 4 unspecified atom stereocenters. The lowest BCUT2D eigenvalue weighted by Crippen LogP contribution is -2.59. The van der Waals surface area contributed by atoms with Crippen LogP contribution in [-0.4, -0.2) is 68.8 Å². The second-order valence-electron chi connectivity index (χ2n) is 8.41. The van der Waals surface area contributed by atoms with E-state index in [1.807, 2.05) is 0 Å². The number of imidazole rings is 1. The molecule has 1 aromatic heterocycles. The number of hydrogen-bond donors (Lipinski definition) is 7. The van der Waals surface area contributed by atoms with Gasteiger partial charge in [0.25, 0.3) is 0 Å². The molecule has 0 aliphatic carbocycles. The van der Waals surface area contributed by atoms with E-state index in [9.17, 15) is 29.1 Å². The van der Waals surface area contributed by atoms with Crippen molar-refractivity contribution in [1.29, 1.82) is 0 Å². The lowest BCUT2D eigenvalue weighted by atomic mass is 9.99. The second kappa shape index (κ2) is 12.5. The Labute approximate surface area is 191 Å². The van der Waals surface area contributed by atoms with Gasteiger partial charge in [-0.2, -0.15) is 0 Å². The minimum atomic E-state index is -1.45. The maximum atomic E-state index is 12.9. The highest BCUT2D eigenvalue weighted by Gasteiger charge is 2.33. The second-order valence-corrected chi connectivity index (χ2v) is 8.41. The van der Waals surface area contributed by atoms with Gasteiger partial charge in [0.05, 0.1) is 18.8 Å². The molecule has 13 nitrogen and oxygen atoms in total. The number of rotatable bonds is 13. The van der Waals surface area contributed by atoms with E-state index in [1.165, 1.54) is 12.5 Å². The van der Waals surface area contributed by atoms with Crippen LogP contribution in [0.2, 0.25) is 0 Å². The molecule has 4 amide bonds. The van der Waals surface area contributed by atoms with Crippen molar-refractivity contribution in [2.75, 3.05) is 0 Å². The number of carboxylic acids is 1. The zero-order chi connectivity index (χ0) is 25.3. The Bertz CT molecular complexity index is 840. The van der Waals surface area contributed by atoms with Crippen LogP contribution in [0.5, 0.6) is 0 Å². The first-order valence-corrected chi connectivity index (χ1v) is 10.5. The molecule has 0 radical (unpaired) electrons. The van der Waals surface area contributed by atoms with E-state index < -0.39 is 60.2 Å². The summed E-state index contributed by atoms with van der Waals surface area (Å²) in [6.45, 7) is 6.87. The van der Waals surface area contributed by atoms with Gasteiger partial charge >= 0.3 is 5.97 Å². The van der Waals surface area contributed by atoms with Gasteiger partial charge in [-0.3, -0.25) is 19.2 Å². The van der Waals surface area contributed by atoms with Crippen molar-refractivity contribution < 1.29 is 29.1 Å². The van der Waals surface area contributed by atoms with Crippen molar-refractivity contribution in [3.8, 4) is 0 Å². The number of hydrogen-bond acceptors (Lipinski definition) is 7. The third kappa shape index (κ3) is 8.88. The topological polar surface area (TPSA) is 222 Å². The van der Waals surface area contributed by atoms with Crippen LogP contribution in [0.3, 0.4) is 0 Å². The molecule has 0 bridgehead atoms. The van der Waals surface area contributed by atoms with Crippen molar-refractivity contribution in [3.63, 3.8) is 0 Å². The summed E-state index contributed by atoms with van der Waals surface area (Å²) in [6.07, 6.45) is 2.09. The van der Waals surface area contributed by atoms with Crippen molar-refractivity contribution >= 4 is 29.6 Å². The summed E-state index contributed by atoms with van der Waals surface area (Å²) in [7, 11) is 0. The maximum Gasteiger partial charge on any atom is 0.326 e. The maximum absolute atomic E-state index is 12.9. The van der Waals surface area contributed by atoms with Crippen LogP contribution in [0, 0.1) is 11.8 Å². The molecule has 0 aliphatic heterocycles. The first-order valence-electron chi connectivity index (χ1n) is 10.5. The van der Waals surface area contributed by atoms with Gasteiger partial charge < -0.3 is 37.5 Å². The number of aromatic nitrogens is 2. The number of carbonyl (C=O) groups excluding carboxylic acids is 4. The average molecular weight is 468 g/mol. The summed E-state index contributed by atoms with van der Waals surface area (Å²) in [5, 5.41) is 16.7. The van der Waals surface area contributed by atoms with Crippen molar-refractivity contribution in [2.45, 2.75) is 64.7 Å². The minimum Gasteiger partial charge on any atom is -0.480 e. The van der Waals surface area contributed by atoms with Gasteiger partial charge in [-0.1, -0.05) is 27.7 Å². The van der Waals surface area contributed by atoms with Gasteiger partial charge in [0, 0.05) is 18.3 Å². The van der Waals surface area contributed by atoms with Crippen LogP contribution in [0.4, 0.5) is 0 Å². The van der Waals surface area contributed by atoms with Gasteiger partial charge in [-0.15, -0.1) is 0 Å². The third-order valence-corrected chi connectivity index (χ3v) is 4.90. The zero-order valence-electron chi connectivity index (χ0n) is 19.1. The average Bonchev–Trinajstić information content (AvgIpc) is 3.22. The van der Waals surface area contributed by atoms with E-state index in [2.05, 4.69) is 25.9 Å². The summed E-state index contributed by atoms with van der Waals surface area (Å²) in [5.74, 6) is -4.95. The van der Waals surface area contributed by atoms with E-state index in [-0.39, 0.29) is 18.3 Å². The first kappa shape index (κ1) is 27.6. The molecule has 0 fully saturated rings. The zero-order valence-corrected chi connectivity index (χ0v) is 19.1. The highest BCUT2D eigenvalue weighted by Crippen LogP contribution is 2.07. The van der Waals surface area contributed by atoms with Gasteiger partial charge in [-0.05, 0) is 11.8 Å². The molecule has 33 heavy (non-hydrogen) atoms. The Balaban J connectivity index is 2.97. The molecular formula is C20H33N7O6. The van der Waals surface area contributed by atoms with Gasteiger partial charge in [-0.25, -0.2) is 9.78 Å². The van der Waals surface area contributed by atoms with Crippen LogP contribution in [-0.2, 0) is 30.4 Å². The standard InChI is InChI=1S/C20H33N7O6/c1-9(2)15(22)18(30)27-16(10(3)4)19(31)25-12(6-14(21)28)17(29)26-13(20(32)33)5-11-7-23-8-24-11/h7-10,12-13,15-16H,5-6,22H2,1-4H3,(H2,21,28)(H,23,24)(H,25,31)(H,26,29)(H,27,30)(H,32,33). The minimum absolute atomic E-state index is 0.101. The van der Waals surface area contributed by atoms with Crippen LogP contribution in [0.1, 0.15) is 39.8 Å². The molecule has 1 heterocycles. The number of carbonyl (C=O) groups is 5. The molecule has 1 rings (SSSR count). The lowest BCUT2D eigenvalue weighted by molar-refractivity contribution is -0.142. The van der Waals surface area contributed by atoms with E-state index in [1.54, 1.807) is 27.7 Å². The fraction of sp³-hybridized carbons (Fsp3) is 0.600. The van der Waals surface area contributed by atoms with Crippen molar-refractivity contribution in [3.05, 3.63) is 18.2 Å². The fourth-order valence-corrected chi connectivity index (χ4v) is 2.85. The number of aromatic amines is 1. The first-order chi connectivity index (χ1) is 15.3. The quantitative estimate of drug-likeness (QED) is 0.171. The number of nitrogens with one attached hydrogen (secondary N) is 4. The van der Waals surface area contributed by atoms with E-state index in [4.69, 9.17) is 11.5 Å². The van der Waals surface area contributed by atoms with Crippen LogP contribution in [0.25, 0.3) is 0 Å². The Kier molecular flexibility index (Phi) is 10.5. The molecular weight excluding hydrogens is 434 g/mol. The Morgan fingerprint density at radius 3 is 2.03 bits per heavy atom. The van der Waals surface area contributed by atoms with E-state index in [0.29, 0.717) is 5.69 Å². The number of H-pyrrole nitrogens is 1. The molecule has 0 aromatic carbocycles. The summed E-state index contributed by atoms with van der Waals surface area (Å²) >= 11 is 0. The van der Waals surface area contributed by atoms with Crippen molar-refractivity contribution in [2.24, 2.45) is 23.3 Å². The summed E-state index contributed by atoms with van der Waals surface area (Å²) in [5.41, 5.74) is 11.5. The number of aliphatic carboxylic acids is 1. The Morgan fingerprint density at radius 1 is 0.970 bits per heavy atom. The number of nitrogens with two attached hydrogens (primary N) is 2. The number of primary amides is 1. The Morgan fingerprint density at radius 2 is 1.58 bits per heavy atom. The molecule has 4 atom stereocenters. The van der Waals surface area contributed by atoms with Gasteiger partial charge in [0.2, 0.25) is 23.6 Å². The molecule has 0 saturated heterocycles. The molecule has 1 aromatic rings. The van der Waals surface area contributed by atoms with E-state index in [0.717, 1.165) is 0 Å². The predicted octanol–water partition coefficient (Wildman–Crippen LogP) is -1.99. The SMILES string of the molecule is CC(C)C(N)C(=O)NC(C(=O)NC(CC(N)=O)C(=O)NC(Cc1cnc[nH]1)C(=O)O)C(C)C. The monoisotopic (exact) mass is 467 g/mol. The van der Waals surface area contributed by atoms with E-state index >= 15 is 0 Å². The summed E-state index contributed by atoms with van der Waals surface area (Å²) < 4.78 is 0. The molecule has 9 N–H and O–H groups in total. The highest BCUT2D eigenvalue weighted by atomic mass is 16.4. The third-order valence-electron chi connectivity index (χ3n) is 4.90. The van der Waals surface area contributed by atoms with Gasteiger partial charge in [0.15, 0.2) is 0 Å². The lowest BCUT2D eigenvalue weighted by Gasteiger charge is -2.27. The molecule has 0 saturated carbocycles. The smallest absolute Gasteiger partial charge is 0.326 e. The number of carboxylic acid groups (broad SMARTS) is 1. The molecule has 0 aliphatic rings. The number of amides is 4. The normalized spacial score (nSPS) is 14.8. The highest BCUT2D eigenvalue weighted by molar-refractivity contribution is 5.96. The number of nitrogens with zero attached hydrogens (tertiary/aromatic N) is 1. The summed E-state index contributed by atoms with van der Waals surface area (Å²) in [6, 6.07) is -4.70. The molecule has 0 spiro atoms. The largest absolute Gasteiger partial charge is 0.480 e. The van der Waals surface area contributed by atoms with Gasteiger partial charge in [0.1, 0.15) is 18.1 Å². The Hall–Kier alpha value is -3.48. The molecule has 13 heteroatoms. The van der Waals surface area contributed by atoms with Crippen LogP contribution >= 0.6 is 0 Å².